The van der Waals surface area contributed by atoms with E-state index in [2.05, 4.69) is 10.4 Å². The second kappa shape index (κ2) is 7.82. The Hall–Kier alpha value is -3.15. The van der Waals surface area contributed by atoms with Gasteiger partial charge in [0.05, 0.1) is 12.8 Å². The largest absolute Gasteiger partial charge is 0.497 e. The van der Waals surface area contributed by atoms with E-state index >= 15 is 0 Å². The lowest BCUT2D eigenvalue weighted by Gasteiger charge is -2.07. The number of nitrogens with zero attached hydrogens (tertiary/aromatic N) is 2. The van der Waals surface area contributed by atoms with Crippen molar-refractivity contribution >= 4 is 11.6 Å². The lowest BCUT2D eigenvalue weighted by Crippen LogP contribution is -2.17. The predicted octanol–water partition coefficient (Wildman–Crippen LogP) is 4.36. The van der Waals surface area contributed by atoms with Gasteiger partial charge < -0.3 is 10.1 Å². The predicted molar refractivity (Wildman–Crippen MR) is 98.9 cm³/mol. The zero-order valence-electron chi connectivity index (χ0n) is 14.7. The molecule has 0 unspecified atom stereocenters. The van der Waals surface area contributed by atoms with Crippen molar-refractivity contribution in [2.24, 2.45) is 0 Å². The van der Waals surface area contributed by atoms with Crippen molar-refractivity contribution in [1.29, 1.82) is 0 Å². The van der Waals surface area contributed by atoms with Crippen LogP contribution in [-0.4, -0.2) is 22.8 Å². The number of rotatable bonds is 6. The molecule has 0 bridgehead atoms. The molecule has 0 radical (unpaired) electrons. The summed E-state index contributed by atoms with van der Waals surface area (Å²) in [5.41, 5.74) is 1.83. The van der Waals surface area contributed by atoms with Gasteiger partial charge in [0.2, 0.25) is 0 Å². The van der Waals surface area contributed by atoms with Gasteiger partial charge in [-0.15, -0.1) is 0 Å². The van der Waals surface area contributed by atoms with Gasteiger partial charge in [-0.25, -0.2) is 4.39 Å². The molecule has 26 heavy (non-hydrogen) atoms. The van der Waals surface area contributed by atoms with Crippen molar-refractivity contribution in [2.45, 2.75) is 19.9 Å². The van der Waals surface area contributed by atoms with Gasteiger partial charge in [-0.1, -0.05) is 25.1 Å². The van der Waals surface area contributed by atoms with Crippen LogP contribution < -0.4 is 10.1 Å². The SMILES string of the molecule is CCCn1nc(-c2ccc(OC)cc2F)cc1C(=O)Nc1ccccc1. The number of hydrogen-bond acceptors (Lipinski definition) is 3. The third-order valence-electron chi connectivity index (χ3n) is 3.93. The summed E-state index contributed by atoms with van der Waals surface area (Å²) in [7, 11) is 1.48. The monoisotopic (exact) mass is 353 g/mol. The molecule has 5 nitrogen and oxygen atoms in total. The van der Waals surface area contributed by atoms with Gasteiger partial charge in [0.25, 0.3) is 5.91 Å². The van der Waals surface area contributed by atoms with Crippen LogP contribution in [0.4, 0.5) is 10.1 Å². The van der Waals surface area contributed by atoms with Crippen LogP contribution >= 0.6 is 0 Å². The number of aryl methyl sites for hydroxylation is 1. The molecule has 0 aliphatic rings. The Labute approximate surface area is 151 Å². The fourth-order valence-corrected chi connectivity index (χ4v) is 2.66. The van der Waals surface area contributed by atoms with Crippen molar-refractivity contribution in [2.75, 3.05) is 12.4 Å². The summed E-state index contributed by atoms with van der Waals surface area (Å²) in [6.45, 7) is 2.56. The Kier molecular flexibility index (Phi) is 5.31. The second-order valence-corrected chi connectivity index (χ2v) is 5.80. The molecule has 0 aliphatic heterocycles. The molecule has 0 aliphatic carbocycles. The topological polar surface area (TPSA) is 56.2 Å². The van der Waals surface area contributed by atoms with Gasteiger partial charge in [0, 0.05) is 23.9 Å². The van der Waals surface area contributed by atoms with E-state index in [9.17, 15) is 9.18 Å². The molecule has 1 heterocycles. The molecular weight excluding hydrogens is 333 g/mol. The van der Waals surface area contributed by atoms with Crippen LogP contribution in [-0.2, 0) is 6.54 Å². The number of aromatic nitrogens is 2. The average Bonchev–Trinajstić information content (AvgIpc) is 3.06. The Morgan fingerprint density at radius 1 is 1.19 bits per heavy atom. The molecule has 0 atom stereocenters. The number of methoxy groups -OCH3 is 1. The molecule has 2 aromatic carbocycles. The van der Waals surface area contributed by atoms with Crippen molar-refractivity contribution in [3.8, 4) is 17.0 Å². The highest BCUT2D eigenvalue weighted by Gasteiger charge is 2.18. The fourth-order valence-electron chi connectivity index (χ4n) is 2.66. The van der Waals surface area contributed by atoms with Crippen LogP contribution in [0.2, 0.25) is 0 Å². The Morgan fingerprint density at radius 3 is 2.62 bits per heavy atom. The van der Waals surface area contributed by atoms with E-state index < -0.39 is 5.82 Å². The van der Waals surface area contributed by atoms with Crippen LogP contribution in [0.15, 0.2) is 54.6 Å². The minimum atomic E-state index is -0.444. The maximum absolute atomic E-state index is 14.4. The van der Waals surface area contributed by atoms with Gasteiger partial charge in [-0.2, -0.15) is 5.10 Å². The number of carbonyl (C=O) groups excluding carboxylic acids is 1. The molecule has 0 spiro atoms. The minimum absolute atomic E-state index is 0.280. The molecule has 3 aromatic rings. The molecule has 6 heteroatoms. The molecule has 1 amide bonds. The van der Waals surface area contributed by atoms with Gasteiger partial charge in [-0.05, 0) is 36.8 Å². The van der Waals surface area contributed by atoms with E-state index in [-0.39, 0.29) is 5.91 Å². The summed E-state index contributed by atoms with van der Waals surface area (Å²) in [6, 6.07) is 15.4. The number of carbonyl (C=O) groups is 1. The summed E-state index contributed by atoms with van der Waals surface area (Å²) in [4.78, 5) is 12.7. The minimum Gasteiger partial charge on any atom is -0.497 e. The molecular formula is C20H20FN3O2. The standard InChI is InChI=1S/C20H20FN3O2/c1-3-11-24-19(20(25)22-14-7-5-4-6-8-14)13-18(23-24)16-10-9-15(26-2)12-17(16)21/h4-10,12-13H,3,11H2,1-2H3,(H,22,25). The quantitative estimate of drug-likeness (QED) is 0.716. The molecule has 134 valence electrons. The summed E-state index contributed by atoms with van der Waals surface area (Å²) in [5.74, 6) is -0.292. The first-order chi connectivity index (χ1) is 12.6. The van der Waals surface area contributed by atoms with Crippen LogP contribution in [0.3, 0.4) is 0 Å². The molecule has 0 saturated heterocycles. The Morgan fingerprint density at radius 2 is 1.96 bits per heavy atom. The third-order valence-corrected chi connectivity index (χ3v) is 3.93. The molecule has 3 rings (SSSR count). The van der Waals surface area contributed by atoms with E-state index in [0.29, 0.717) is 34.9 Å². The van der Waals surface area contributed by atoms with E-state index in [1.165, 1.54) is 13.2 Å². The van der Waals surface area contributed by atoms with E-state index in [0.717, 1.165) is 6.42 Å². The fraction of sp³-hybridized carbons (Fsp3) is 0.200. The highest BCUT2D eigenvalue weighted by molar-refractivity contribution is 6.03. The summed E-state index contributed by atoms with van der Waals surface area (Å²) < 4.78 is 21.0. The van der Waals surface area contributed by atoms with E-state index in [1.807, 2.05) is 37.3 Å². The zero-order chi connectivity index (χ0) is 18.5. The second-order valence-electron chi connectivity index (χ2n) is 5.80. The number of nitrogens with one attached hydrogen (secondary N) is 1. The number of anilines is 1. The van der Waals surface area contributed by atoms with Crippen LogP contribution in [0, 0.1) is 5.82 Å². The van der Waals surface area contributed by atoms with Crippen molar-refractivity contribution < 1.29 is 13.9 Å². The first-order valence-electron chi connectivity index (χ1n) is 8.40. The lowest BCUT2D eigenvalue weighted by molar-refractivity contribution is 0.101. The summed E-state index contributed by atoms with van der Waals surface area (Å²) in [6.07, 6.45) is 0.803. The van der Waals surface area contributed by atoms with E-state index in [4.69, 9.17) is 4.74 Å². The number of benzene rings is 2. The van der Waals surface area contributed by atoms with Crippen molar-refractivity contribution in [1.82, 2.24) is 9.78 Å². The zero-order valence-corrected chi connectivity index (χ0v) is 14.7. The molecule has 0 fully saturated rings. The number of ether oxygens (including phenoxy) is 1. The molecule has 0 saturated carbocycles. The van der Waals surface area contributed by atoms with E-state index in [1.54, 1.807) is 22.9 Å². The first-order valence-corrected chi connectivity index (χ1v) is 8.40. The Bertz CT molecular complexity index is 907. The van der Waals surface area contributed by atoms with Gasteiger partial charge in [0.15, 0.2) is 0 Å². The maximum atomic E-state index is 14.4. The number of hydrogen-bond donors (Lipinski definition) is 1. The van der Waals surface area contributed by atoms with Gasteiger partial charge in [0.1, 0.15) is 17.3 Å². The molecule has 1 aromatic heterocycles. The Balaban J connectivity index is 1.94. The van der Waals surface area contributed by atoms with Crippen LogP contribution in [0.1, 0.15) is 23.8 Å². The number of amides is 1. The van der Waals surface area contributed by atoms with Crippen LogP contribution in [0.25, 0.3) is 11.3 Å². The maximum Gasteiger partial charge on any atom is 0.273 e. The van der Waals surface area contributed by atoms with Crippen molar-refractivity contribution in [3.63, 3.8) is 0 Å². The van der Waals surface area contributed by atoms with Gasteiger partial charge in [-0.3, -0.25) is 9.48 Å². The third kappa shape index (κ3) is 3.74. The average molecular weight is 353 g/mol. The van der Waals surface area contributed by atoms with Crippen LogP contribution in [0.5, 0.6) is 5.75 Å². The lowest BCUT2D eigenvalue weighted by atomic mass is 10.1. The molecule has 1 N–H and O–H groups in total. The highest BCUT2D eigenvalue weighted by Crippen LogP contribution is 2.26. The first kappa shape index (κ1) is 17.7. The van der Waals surface area contributed by atoms with Gasteiger partial charge >= 0.3 is 0 Å². The highest BCUT2D eigenvalue weighted by atomic mass is 19.1. The summed E-state index contributed by atoms with van der Waals surface area (Å²) >= 11 is 0. The normalized spacial score (nSPS) is 10.6. The summed E-state index contributed by atoms with van der Waals surface area (Å²) in [5, 5.41) is 7.27. The van der Waals surface area contributed by atoms with Crippen molar-refractivity contribution in [3.05, 3.63) is 66.1 Å². The number of halogens is 1. The number of para-hydroxylation sites is 1. The smallest absolute Gasteiger partial charge is 0.273 e.